The van der Waals surface area contributed by atoms with Crippen molar-refractivity contribution in [1.29, 1.82) is 0 Å². The summed E-state index contributed by atoms with van der Waals surface area (Å²) in [5.41, 5.74) is -0.846. The molecule has 2 unspecified atom stereocenters. The number of hydrogen-bond acceptors (Lipinski definition) is 3. The van der Waals surface area contributed by atoms with E-state index in [2.05, 4.69) is 5.32 Å². The Bertz CT molecular complexity index is 352. The monoisotopic (exact) mass is 299 g/mol. The second-order valence-corrected chi connectivity index (χ2v) is 6.54. The Kier molecular flexibility index (Phi) is 7.15. The summed E-state index contributed by atoms with van der Waals surface area (Å²) in [6.45, 7) is 3.94. The van der Waals surface area contributed by atoms with E-state index in [0.717, 1.165) is 12.8 Å². The molecule has 0 heterocycles. The second-order valence-electron chi connectivity index (χ2n) is 6.54. The molecule has 1 aliphatic rings. The minimum atomic E-state index is -0.932. The van der Waals surface area contributed by atoms with Crippen molar-refractivity contribution in [3.8, 4) is 0 Å². The maximum absolute atomic E-state index is 12.5. The van der Waals surface area contributed by atoms with Crippen LogP contribution in [0.1, 0.15) is 58.8 Å². The first-order valence-corrected chi connectivity index (χ1v) is 7.93. The van der Waals surface area contributed by atoms with E-state index < -0.39 is 11.5 Å². The van der Waals surface area contributed by atoms with Crippen molar-refractivity contribution >= 4 is 11.9 Å². The van der Waals surface area contributed by atoms with Crippen molar-refractivity contribution in [1.82, 2.24) is 5.32 Å². The summed E-state index contributed by atoms with van der Waals surface area (Å²) in [5, 5.41) is 11.9. The number of amides is 1. The van der Waals surface area contributed by atoms with Crippen molar-refractivity contribution in [2.24, 2.45) is 11.8 Å². The van der Waals surface area contributed by atoms with E-state index in [-0.39, 0.29) is 24.9 Å². The predicted octanol–water partition coefficient (Wildman–Crippen LogP) is 2.59. The van der Waals surface area contributed by atoms with E-state index >= 15 is 0 Å². The number of carboxylic acid groups (broad SMARTS) is 1. The highest BCUT2D eigenvalue weighted by atomic mass is 16.5. The molecule has 0 aromatic carbocycles. The molecule has 0 aromatic rings. The molecule has 1 aliphatic carbocycles. The van der Waals surface area contributed by atoms with Crippen LogP contribution in [0.15, 0.2) is 0 Å². The van der Waals surface area contributed by atoms with Crippen LogP contribution < -0.4 is 5.32 Å². The molecule has 1 amide bonds. The largest absolute Gasteiger partial charge is 0.481 e. The fraction of sp³-hybridized carbons (Fsp3) is 0.875. The van der Waals surface area contributed by atoms with Gasteiger partial charge in [0, 0.05) is 13.0 Å². The normalized spacial score (nSPS) is 20.0. The highest BCUT2D eigenvalue weighted by Gasteiger charge is 2.32. The van der Waals surface area contributed by atoms with Gasteiger partial charge in [0.1, 0.15) is 0 Å². The molecule has 0 bridgehead atoms. The second kappa shape index (κ2) is 8.37. The average Bonchev–Trinajstić information content (AvgIpc) is 2.87. The summed E-state index contributed by atoms with van der Waals surface area (Å²) in [6.07, 6.45) is 6.54. The van der Waals surface area contributed by atoms with Crippen LogP contribution in [0.5, 0.6) is 0 Å². The lowest BCUT2D eigenvalue weighted by Crippen LogP contribution is -2.52. The van der Waals surface area contributed by atoms with Crippen LogP contribution in [0, 0.1) is 11.8 Å². The zero-order valence-corrected chi connectivity index (χ0v) is 13.5. The van der Waals surface area contributed by atoms with Gasteiger partial charge in [-0.2, -0.15) is 0 Å². The molecule has 0 radical (unpaired) electrons. The Labute approximate surface area is 127 Å². The fourth-order valence-corrected chi connectivity index (χ4v) is 3.29. The third-order valence-corrected chi connectivity index (χ3v) is 4.39. The van der Waals surface area contributed by atoms with Crippen molar-refractivity contribution < 1.29 is 19.4 Å². The first kappa shape index (κ1) is 18.0. The minimum Gasteiger partial charge on any atom is -0.481 e. The van der Waals surface area contributed by atoms with Gasteiger partial charge in [0.05, 0.1) is 18.6 Å². The van der Waals surface area contributed by atoms with Gasteiger partial charge in [0.2, 0.25) is 5.91 Å². The SMILES string of the molecule is CCC(CC1CCCC1)C(=O)NC(C)(COC)CC(=O)O. The quantitative estimate of drug-likeness (QED) is 0.686. The molecule has 0 aliphatic heterocycles. The molecule has 122 valence electrons. The van der Waals surface area contributed by atoms with E-state index in [4.69, 9.17) is 9.84 Å². The smallest absolute Gasteiger partial charge is 0.305 e. The van der Waals surface area contributed by atoms with Crippen LogP contribution in [-0.2, 0) is 14.3 Å². The van der Waals surface area contributed by atoms with Gasteiger partial charge in [-0.25, -0.2) is 0 Å². The molecule has 0 aromatic heterocycles. The Morgan fingerprint density at radius 1 is 1.38 bits per heavy atom. The van der Waals surface area contributed by atoms with Crippen molar-refractivity contribution in [3.05, 3.63) is 0 Å². The van der Waals surface area contributed by atoms with Crippen molar-refractivity contribution in [2.45, 2.75) is 64.3 Å². The molecule has 5 heteroatoms. The zero-order valence-electron chi connectivity index (χ0n) is 13.5. The molecule has 0 saturated heterocycles. The van der Waals surface area contributed by atoms with Gasteiger partial charge in [-0.15, -0.1) is 0 Å². The van der Waals surface area contributed by atoms with Crippen molar-refractivity contribution in [3.63, 3.8) is 0 Å². The van der Waals surface area contributed by atoms with Crippen LogP contribution in [0.2, 0.25) is 0 Å². The predicted molar refractivity (Wildman–Crippen MR) is 81.0 cm³/mol. The lowest BCUT2D eigenvalue weighted by molar-refractivity contribution is -0.140. The summed E-state index contributed by atoms with van der Waals surface area (Å²) in [7, 11) is 1.52. The van der Waals surface area contributed by atoms with E-state index in [1.165, 1.54) is 32.8 Å². The maximum atomic E-state index is 12.5. The van der Waals surface area contributed by atoms with Gasteiger partial charge in [0.25, 0.3) is 0 Å². The zero-order chi connectivity index (χ0) is 15.9. The number of ether oxygens (including phenoxy) is 1. The molecular formula is C16H29NO4. The summed E-state index contributed by atoms with van der Waals surface area (Å²) in [5.74, 6) is -0.351. The van der Waals surface area contributed by atoms with E-state index in [1.54, 1.807) is 6.92 Å². The average molecular weight is 299 g/mol. The molecule has 2 N–H and O–H groups in total. The maximum Gasteiger partial charge on any atom is 0.305 e. The van der Waals surface area contributed by atoms with Gasteiger partial charge in [0.15, 0.2) is 0 Å². The molecule has 21 heavy (non-hydrogen) atoms. The van der Waals surface area contributed by atoms with E-state index in [9.17, 15) is 9.59 Å². The molecule has 1 rings (SSSR count). The lowest BCUT2D eigenvalue weighted by atomic mass is 9.89. The number of methoxy groups -OCH3 is 1. The Morgan fingerprint density at radius 3 is 2.48 bits per heavy atom. The topological polar surface area (TPSA) is 75.6 Å². The van der Waals surface area contributed by atoms with Crippen LogP contribution in [0.4, 0.5) is 0 Å². The summed E-state index contributed by atoms with van der Waals surface area (Å²) >= 11 is 0. The van der Waals surface area contributed by atoms with Crippen molar-refractivity contribution in [2.75, 3.05) is 13.7 Å². The van der Waals surface area contributed by atoms with Gasteiger partial charge in [-0.1, -0.05) is 32.6 Å². The van der Waals surface area contributed by atoms with Crippen LogP contribution >= 0.6 is 0 Å². The van der Waals surface area contributed by atoms with Gasteiger partial charge in [-0.05, 0) is 25.7 Å². The molecular weight excluding hydrogens is 270 g/mol. The highest BCUT2D eigenvalue weighted by molar-refractivity contribution is 5.80. The molecule has 1 fully saturated rings. The van der Waals surface area contributed by atoms with E-state index in [1.807, 2.05) is 6.92 Å². The Hall–Kier alpha value is -1.10. The number of carbonyl (C=O) groups excluding carboxylic acids is 1. The Morgan fingerprint density at radius 2 is 2.00 bits per heavy atom. The number of hydrogen-bond donors (Lipinski definition) is 2. The fourth-order valence-electron chi connectivity index (χ4n) is 3.29. The summed E-state index contributed by atoms with van der Waals surface area (Å²) in [6, 6.07) is 0. The van der Waals surface area contributed by atoms with Crippen LogP contribution in [-0.4, -0.2) is 36.2 Å². The van der Waals surface area contributed by atoms with E-state index in [0.29, 0.717) is 5.92 Å². The summed E-state index contributed by atoms with van der Waals surface area (Å²) in [4.78, 5) is 23.5. The van der Waals surface area contributed by atoms with Gasteiger partial charge < -0.3 is 15.2 Å². The Balaban J connectivity index is 2.62. The van der Waals surface area contributed by atoms with Crippen LogP contribution in [0.3, 0.4) is 0 Å². The number of carboxylic acids is 1. The number of rotatable bonds is 9. The highest BCUT2D eigenvalue weighted by Crippen LogP contribution is 2.31. The number of carbonyl (C=O) groups is 2. The minimum absolute atomic E-state index is 0.0296. The third kappa shape index (κ3) is 6.04. The standard InChI is InChI=1S/C16H29NO4/c1-4-13(9-12-7-5-6-8-12)15(20)17-16(2,11-21-3)10-14(18)19/h12-13H,4-11H2,1-3H3,(H,17,20)(H,18,19). The first-order chi connectivity index (χ1) is 9.90. The first-order valence-electron chi connectivity index (χ1n) is 7.93. The number of nitrogens with one attached hydrogen (secondary N) is 1. The van der Waals surface area contributed by atoms with Gasteiger partial charge in [-0.3, -0.25) is 9.59 Å². The molecule has 2 atom stereocenters. The third-order valence-electron chi connectivity index (χ3n) is 4.39. The lowest BCUT2D eigenvalue weighted by Gasteiger charge is -2.31. The molecule has 1 saturated carbocycles. The van der Waals surface area contributed by atoms with Crippen LogP contribution in [0.25, 0.3) is 0 Å². The number of aliphatic carboxylic acids is 1. The molecule has 5 nitrogen and oxygen atoms in total. The molecule has 0 spiro atoms. The summed E-state index contributed by atoms with van der Waals surface area (Å²) < 4.78 is 5.08. The van der Waals surface area contributed by atoms with Gasteiger partial charge >= 0.3 is 5.97 Å².